The maximum atomic E-state index is 5.74. The van der Waals surface area contributed by atoms with Gasteiger partial charge in [-0.1, -0.05) is 58.3 Å². The maximum absolute atomic E-state index is 5.74. The Labute approximate surface area is 89.6 Å². The Hall–Kier alpha value is -0.0800. The summed E-state index contributed by atoms with van der Waals surface area (Å²) >= 11 is 0. The molecule has 0 aromatic heterocycles. The Balaban J connectivity index is 2.92. The van der Waals surface area contributed by atoms with E-state index in [9.17, 15) is 0 Å². The zero-order valence-electron chi connectivity index (χ0n) is 10.0. The van der Waals surface area contributed by atoms with E-state index < -0.39 is 0 Å². The van der Waals surface area contributed by atoms with Gasteiger partial charge in [-0.25, -0.2) is 0 Å². The van der Waals surface area contributed by atoms with Gasteiger partial charge in [-0.2, -0.15) is 0 Å². The molecule has 0 aliphatic carbocycles. The summed E-state index contributed by atoms with van der Waals surface area (Å²) in [5, 5.41) is 3.06. The van der Waals surface area contributed by atoms with Gasteiger partial charge in [-0.3, -0.25) is 0 Å². The average Bonchev–Trinajstić information content (AvgIpc) is 2.21. The standard InChI is InChI=1S/C12H28N2/c1-3-4-5-6-7-8-9-10-11-12(13)14-2/h12,14H,3-11,13H2,1-2H3. The molecule has 1 unspecified atom stereocenters. The van der Waals surface area contributed by atoms with Crippen molar-refractivity contribution >= 4 is 0 Å². The summed E-state index contributed by atoms with van der Waals surface area (Å²) in [6, 6.07) is 0. The molecule has 0 saturated heterocycles. The summed E-state index contributed by atoms with van der Waals surface area (Å²) in [4.78, 5) is 0. The lowest BCUT2D eigenvalue weighted by atomic mass is 10.1. The largest absolute Gasteiger partial charge is 0.316 e. The van der Waals surface area contributed by atoms with Gasteiger partial charge in [0.25, 0.3) is 0 Å². The molecule has 0 rings (SSSR count). The van der Waals surface area contributed by atoms with Crippen molar-refractivity contribution in [3.8, 4) is 0 Å². The van der Waals surface area contributed by atoms with Crippen LogP contribution in [0.3, 0.4) is 0 Å². The van der Waals surface area contributed by atoms with E-state index in [0.29, 0.717) is 0 Å². The van der Waals surface area contributed by atoms with Crippen LogP contribution < -0.4 is 11.1 Å². The van der Waals surface area contributed by atoms with Crippen LogP contribution in [0.5, 0.6) is 0 Å². The topological polar surface area (TPSA) is 38.0 Å². The molecule has 1 atom stereocenters. The van der Waals surface area contributed by atoms with Crippen molar-refractivity contribution in [1.29, 1.82) is 0 Å². The highest BCUT2D eigenvalue weighted by atomic mass is 15.0. The Bertz CT molecular complexity index is 104. The molecule has 0 saturated carbocycles. The van der Waals surface area contributed by atoms with Gasteiger partial charge in [0.05, 0.1) is 6.17 Å². The molecule has 0 aliphatic heterocycles. The highest BCUT2D eigenvalue weighted by Crippen LogP contribution is 2.09. The van der Waals surface area contributed by atoms with Gasteiger partial charge in [0.1, 0.15) is 0 Å². The number of hydrogen-bond donors (Lipinski definition) is 2. The first-order valence-corrected chi connectivity index (χ1v) is 6.24. The van der Waals surface area contributed by atoms with Crippen molar-refractivity contribution in [2.75, 3.05) is 7.05 Å². The van der Waals surface area contributed by atoms with Crippen LogP contribution in [0.4, 0.5) is 0 Å². The highest BCUT2D eigenvalue weighted by Gasteiger charge is 1.97. The molecule has 0 aromatic carbocycles. The number of hydrogen-bond acceptors (Lipinski definition) is 2. The van der Waals surface area contributed by atoms with Crippen LogP contribution >= 0.6 is 0 Å². The molecule has 0 bridgehead atoms. The van der Waals surface area contributed by atoms with E-state index in [4.69, 9.17) is 5.73 Å². The van der Waals surface area contributed by atoms with E-state index in [-0.39, 0.29) is 6.17 Å². The maximum Gasteiger partial charge on any atom is 0.0543 e. The minimum atomic E-state index is 0.204. The Morgan fingerprint density at radius 2 is 1.43 bits per heavy atom. The zero-order chi connectivity index (χ0) is 10.6. The highest BCUT2D eigenvalue weighted by molar-refractivity contribution is 4.55. The van der Waals surface area contributed by atoms with Crippen molar-refractivity contribution in [3.63, 3.8) is 0 Å². The first kappa shape index (κ1) is 13.9. The molecule has 86 valence electrons. The van der Waals surface area contributed by atoms with Crippen LogP contribution in [0.25, 0.3) is 0 Å². The van der Waals surface area contributed by atoms with Crippen LogP contribution in [0.1, 0.15) is 64.7 Å². The van der Waals surface area contributed by atoms with Crippen LogP contribution in [-0.4, -0.2) is 13.2 Å². The summed E-state index contributed by atoms with van der Waals surface area (Å²) in [6.07, 6.45) is 12.3. The fourth-order valence-corrected chi connectivity index (χ4v) is 1.64. The Morgan fingerprint density at radius 1 is 0.929 bits per heavy atom. The van der Waals surface area contributed by atoms with Gasteiger partial charge in [0, 0.05) is 0 Å². The van der Waals surface area contributed by atoms with Gasteiger partial charge in [0.2, 0.25) is 0 Å². The summed E-state index contributed by atoms with van der Waals surface area (Å²) in [5.41, 5.74) is 5.74. The second-order valence-electron chi connectivity index (χ2n) is 4.16. The predicted octanol–water partition coefficient (Wildman–Crippen LogP) is 3.02. The van der Waals surface area contributed by atoms with Gasteiger partial charge in [-0.15, -0.1) is 0 Å². The smallest absolute Gasteiger partial charge is 0.0543 e. The molecule has 14 heavy (non-hydrogen) atoms. The monoisotopic (exact) mass is 200 g/mol. The molecule has 0 aliphatic rings. The van der Waals surface area contributed by atoms with Gasteiger partial charge >= 0.3 is 0 Å². The Kier molecular flexibility index (Phi) is 10.9. The van der Waals surface area contributed by atoms with Crippen molar-refractivity contribution in [3.05, 3.63) is 0 Å². The van der Waals surface area contributed by atoms with E-state index in [2.05, 4.69) is 12.2 Å². The van der Waals surface area contributed by atoms with Crippen molar-refractivity contribution in [2.24, 2.45) is 5.73 Å². The van der Waals surface area contributed by atoms with Gasteiger partial charge in [0.15, 0.2) is 0 Å². The van der Waals surface area contributed by atoms with Crippen LogP contribution in [-0.2, 0) is 0 Å². The molecular formula is C12H28N2. The molecule has 0 radical (unpaired) electrons. The third-order valence-electron chi connectivity index (χ3n) is 2.74. The first-order chi connectivity index (χ1) is 6.81. The fourth-order valence-electron chi connectivity index (χ4n) is 1.64. The lowest BCUT2D eigenvalue weighted by Gasteiger charge is -2.09. The lowest BCUT2D eigenvalue weighted by Crippen LogP contribution is -2.33. The molecule has 0 amide bonds. The average molecular weight is 200 g/mol. The minimum absolute atomic E-state index is 0.204. The number of unbranched alkanes of at least 4 members (excludes halogenated alkanes) is 7. The fraction of sp³-hybridized carbons (Fsp3) is 1.00. The summed E-state index contributed by atoms with van der Waals surface area (Å²) in [6.45, 7) is 2.26. The molecule has 0 heterocycles. The number of rotatable bonds is 10. The molecule has 0 spiro atoms. The minimum Gasteiger partial charge on any atom is -0.316 e. The van der Waals surface area contributed by atoms with Crippen LogP contribution in [0.15, 0.2) is 0 Å². The Morgan fingerprint density at radius 3 is 1.93 bits per heavy atom. The van der Waals surface area contributed by atoms with E-state index >= 15 is 0 Å². The second kappa shape index (κ2) is 11.0. The molecule has 0 fully saturated rings. The quantitative estimate of drug-likeness (QED) is 0.420. The van der Waals surface area contributed by atoms with Gasteiger partial charge in [-0.05, 0) is 13.5 Å². The third-order valence-corrected chi connectivity index (χ3v) is 2.74. The predicted molar refractivity (Wildman–Crippen MR) is 64.3 cm³/mol. The number of nitrogens with two attached hydrogens (primary N) is 1. The molecule has 0 aromatic rings. The van der Waals surface area contributed by atoms with Crippen molar-refractivity contribution in [1.82, 2.24) is 5.32 Å². The van der Waals surface area contributed by atoms with E-state index in [1.807, 2.05) is 7.05 Å². The second-order valence-corrected chi connectivity index (χ2v) is 4.16. The molecular weight excluding hydrogens is 172 g/mol. The summed E-state index contributed by atoms with van der Waals surface area (Å²) in [5.74, 6) is 0. The third kappa shape index (κ3) is 10.0. The zero-order valence-corrected chi connectivity index (χ0v) is 10.0. The molecule has 2 nitrogen and oxygen atoms in total. The summed E-state index contributed by atoms with van der Waals surface area (Å²) < 4.78 is 0. The van der Waals surface area contributed by atoms with Crippen molar-refractivity contribution in [2.45, 2.75) is 70.9 Å². The number of nitrogens with one attached hydrogen (secondary N) is 1. The molecule has 3 N–H and O–H groups in total. The summed E-state index contributed by atoms with van der Waals surface area (Å²) in [7, 11) is 1.93. The normalized spacial score (nSPS) is 13.1. The van der Waals surface area contributed by atoms with Crippen LogP contribution in [0, 0.1) is 0 Å². The van der Waals surface area contributed by atoms with Crippen LogP contribution in [0.2, 0.25) is 0 Å². The first-order valence-electron chi connectivity index (χ1n) is 6.24. The lowest BCUT2D eigenvalue weighted by molar-refractivity contribution is 0.491. The van der Waals surface area contributed by atoms with Gasteiger partial charge < -0.3 is 11.1 Å². The van der Waals surface area contributed by atoms with Crippen molar-refractivity contribution < 1.29 is 0 Å². The van der Waals surface area contributed by atoms with E-state index in [0.717, 1.165) is 6.42 Å². The SMILES string of the molecule is CCCCCCCCCCC(N)NC. The van der Waals surface area contributed by atoms with E-state index in [1.54, 1.807) is 0 Å². The molecule has 2 heteroatoms. The van der Waals surface area contributed by atoms with E-state index in [1.165, 1.54) is 51.4 Å².